The van der Waals surface area contributed by atoms with Gasteiger partial charge in [-0.05, 0) is 49.5 Å². The largest absolute Gasteiger partial charge is 0.326 e. The molecule has 22 heavy (non-hydrogen) atoms. The van der Waals surface area contributed by atoms with Gasteiger partial charge in [0.05, 0.1) is 5.41 Å². The van der Waals surface area contributed by atoms with Crippen LogP contribution in [0.25, 0.3) is 0 Å². The van der Waals surface area contributed by atoms with E-state index in [0.717, 1.165) is 38.3 Å². The molecule has 1 aromatic carbocycles. The smallest absolute Gasteiger partial charge is 0.232 e. The summed E-state index contributed by atoms with van der Waals surface area (Å²) in [5, 5.41) is 9.95. The Morgan fingerprint density at radius 3 is 3.18 bits per heavy atom. The number of nitrogens with one attached hydrogen (secondary N) is 3. The monoisotopic (exact) mass is 301 g/mol. The van der Waals surface area contributed by atoms with E-state index in [-0.39, 0.29) is 11.3 Å². The molecule has 0 spiro atoms. The lowest BCUT2D eigenvalue weighted by Crippen LogP contribution is -2.44. The summed E-state index contributed by atoms with van der Waals surface area (Å²) in [7, 11) is 0. The Labute approximate surface area is 133 Å². The molecule has 0 bridgehead atoms. The molecule has 0 unspecified atom stereocenters. The maximum atomic E-state index is 12.9. The van der Waals surface area contributed by atoms with Crippen molar-refractivity contribution in [1.29, 1.82) is 0 Å². The Hall–Kier alpha value is -1.39. The molecular weight excluding hydrogens is 274 g/mol. The number of anilines is 1. The number of hydrogen-bond acceptors (Lipinski definition) is 3. The third-order valence-electron chi connectivity index (χ3n) is 5.25. The maximum Gasteiger partial charge on any atom is 0.232 e. The highest BCUT2D eigenvalue weighted by Crippen LogP contribution is 2.44. The molecule has 2 aliphatic rings. The van der Waals surface area contributed by atoms with Gasteiger partial charge < -0.3 is 16.0 Å². The Morgan fingerprint density at radius 2 is 2.32 bits per heavy atom. The molecule has 1 aliphatic carbocycles. The van der Waals surface area contributed by atoms with Gasteiger partial charge in [-0.15, -0.1) is 0 Å². The topological polar surface area (TPSA) is 53.2 Å². The van der Waals surface area contributed by atoms with Crippen LogP contribution in [0.15, 0.2) is 24.3 Å². The summed E-state index contributed by atoms with van der Waals surface area (Å²) in [6, 6.07) is 8.18. The molecule has 2 atom stereocenters. The van der Waals surface area contributed by atoms with Crippen LogP contribution in [0.5, 0.6) is 0 Å². The molecule has 4 heteroatoms. The average molecular weight is 301 g/mol. The molecular formula is C18H27N3O. The molecule has 1 aromatic rings. The van der Waals surface area contributed by atoms with Crippen molar-refractivity contribution in [3.05, 3.63) is 29.8 Å². The van der Waals surface area contributed by atoms with Crippen molar-refractivity contribution >= 4 is 11.6 Å². The lowest BCUT2D eigenvalue weighted by Gasteiger charge is -2.37. The van der Waals surface area contributed by atoms with Crippen molar-refractivity contribution in [2.45, 2.75) is 39.2 Å². The summed E-state index contributed by atoms with van der Waals surface area (Å²) >= 11 is 0. The SMILES string of the molecule is CCNCc1cccc(NC(=O)[C@@]23CCCC[C@H]2CNC3)c1. The summed E-state index contributed by atoms with van der Waals surface area (Å²) in [5.74, 6) is 0.717. The fraction of sp³-hybridized carbons (Fsp3) is 0.611. The van der Waals surface area contributed by atoms with Gasteiger partial charge in [0.1, 0.15) is 0 Å². The highest BCUT2D eigenvalue weighted by molar-refractivity contribution is 5.96. The van der Waals surface area contributed by atoms with Crippen LogP contribution in [0.1, 0.15) is 38.2 Å². The third kappa shape index (κ3) is 3.03. The molecule has 2 fully saturated rings. The summed E-state index contributed by atoms with van der Waals surface area (Å²) in [6.07, 6.45) is 4.64. The van der Waals surface area contributed by atoms with E-state index in [2.05, 4.69) is 35.0 Å². The predicted molar refractivity (Wildman–Crippen MR) is 89.7 cm³/mol. The fourth-order valence-electron chi connectivity index (χ4n) is 3.97. The summed E-state index contributed by atoms with van der Waals surface area (Å²) in [5.41, 5.74) is 1.95. The van der Waals surface area contributed by atoms with Gasteiger partial charge in [0.25, 0.3) is 0 Å². The first-order chi connectivity index (χ1) is 10.7. The van der Waals surface area contributed by atoms with Crippen LogP contribution in [-0.4, -0.2) is 25.5 Å². The van der Waals surface area contributed by atoms with Gasteiger partial charge in [-0.1, -0.05) is 31.9 Å². The van der Waals surface area contributed by atoms with Gasteiger partial charge in [0, 0.05) is 18.8 Å². The molecule has 1 saturated heterocycles. The van der Waals surface area contributed by atoms with Crippen molar-refractivity contribution in [1.82, 2.24) is 10.6 Å². The minimum absolute atomic E-state index is 0.185. The first kappa shape index (κ1) is 15.5. The molecule has 1 heterocycles. The fourth-order valence-corrected chi connectivity index (χ4v) is 3.97. The second-order valence-electron chi connectivity index (χ2n) is 6.66. The Balaban J connectivity index is 1.71. The normalized spacial score (nSPS) is 27.4. The van der Waals surface area contributed by atoms with E-state index in [9.17, 15) is 4.79 Å². The molecule has 120 valence electrons. The predicted octanol–water partition coefficient (Wildman–Crippen LogP) is 2.51. The summed E-state index contributed by atoms with van der Waals surface area (Å²) in [4.78, 5) is 12.9. The van der Waals surface area contributed by atoms with Crippen LogP contribution < -0.4 is 16.0 Å². The number of carbonyl (C=O) groups is 1. The lowest BCUT2D eigenvalue weighted by molar-refractivity contribution is -0.128. The van der Waals surface area contributed by atoms with Crippen LogP contribution in [0.3, 0.4) is 0 Å². The maximum absolute atomic E-state index is 12.9. The molecule has 1 amide bonds. The van der Waals surface area contributed by atoms with Crippen LogP contribution >= 0.6 is 0 Å². The molecule has 1 saturated carbocycles. The highest BCUT2D eigenvalue weighted by atomic mass is 16.2. The first-order valence-electron chi connectivity index (χ1n) is 8.56. The second kappa shape index (κ2) is 6.80. The van der Waals surface area contributed by atoms with Gasteiger partial charge >= 0.3 is 0 Å². The molecule has 3 N–H and O–H groups in total. The van der Waals surface area contributed by atoms with E-state index in [1.54, 1.807) is 0 Å². The Bertz CT molecular complexity index is 531. The molecule has 1 aliphatic heterocycles. The molecule has 3 rings (SSSR count). The zero-order valence-electron chi connectivity index (χ0n) is 13.5. The third-order valence-corrected chi connectivity index (χ3v) is 5.25. The second-order valence-corrected chi connectivity index (χ2v) is 6.66. The number of benzene rings is 1. The number of fused-ring (bicyclic) bond motifs is 1. The Morgan fingerprint density at radius 1 is 1.41 bits per heavy atom. The van der Waals surface area contributed by atoms with Crippen LogP contribution in [0.2, 0.25) is 0 Å². The number of rotatable bonds is 5. The Kier molecular flexibility index (Phi) is 4.79. The van der Waals surface area contributed by atoms with Crippen molar-refractivity contribution < 1.29 is 4.79 Å². The quantitative estimate of drug-likeness (QED) is 0.783. The molecule has 4 nitrogen and oxygen atoms in total. The number of amides is 1. The molecule has 0 aromatic heterocycles. The number of hydrogen-bond donors (Lipinski definition) is 3. The van der Waals surface area contributed by atoms with E-state index >= 15 is 0 Å². The van der Waals surface area contributed by atoms with E-state index in [0.29, 0.717) is 5.92 Å². The average Bonchev–Trinajstić information content (AvgIpc) is 2.98. The van der Waals surface area contributed by atoms with Gasteiger partial charge in [-0.3, -0.25) is 4.79 Å². The summed E-state index contributed by atoms with van der Waals surface area (Å²) < 4.78 is 0. The molecule has 0 radical (unpaired) electrons. The first-order valence-corrected chi connectivity index (χ1v) is 8.56. The van der Waals surface area contributed by atoms with Crippen molar-refractivity contribution in [3.63, 3.8) is 0 Å². The van der Waals surface area contributed by atoms with Crippen molar-refractivity contribution in [2.24, 2.45) is 11.3 Å². The minimum Gasteiger partial charge on any atom is -0.326 e. The van der Waals surface area contributed by atoms with Gasteiger partial charge in [-0.25, -0.2) is 0 Å². The zero-order chi connectivity index (χ0) is 15.4. The van der Waals surface area contributed by atoms with E-state index < -0.39 is 0 Å². The van der Waals surface area contributed by atoms with Crippen LogP contribution in [0, 0.1) is 11.3 Å². The lowest BCUT2D eigenvalue weighted by atomic mass is 9.67. The van der Waals surface area contributed by atoms with Gasteiger partial charge in [-0.2, -0.15) is 0 Å². The highest BCUT2D eigenvalue weighted by Gasteiger charge is 2.49. The van der Waals surface area contributed by atoms with E-state index in [4.69, 9.17) is 0 Å². The summed E-state index contributed by atoms with van der Waals surface area (Å²) in [6.45, 7) is 5.72. The van der Waals surface area contributed by atoms with Crippen molar-refractivity contribution in [3.8, 4) is 0 Å². The van der Waals surface area contributed by atoms with E-state index in [1.807, 2.05) is 12.1 Å². The van der Waals surface area contributed by atoms with Gasteiger partial charge in [0.2, 0.25) is 5.91 Å². The minimum atomic E-state index is -0.185. The van der Waals surface area contributed by atoms with Crippen LogP contribution in [-0.2, 0) is 11.3 Å². The van der Waals surface area contributed by atoms with Gasteiger partial charge in [0.15, 0.2) is 0 Å². The van der Waals surface area contributed by atoms with Crippen LogP contribution in [0.4, 0.5) is 5.69 Å². The zero-order valence-corrected chi connectivity index (χ0v) is 13.5. The number of carbonyl (C=O) groups excluding carboxylic acids is 1. The standard InChI is InChI=1S/C18H27N3O/c1-2-19-11-14-6-5-8-16(10-14)21-17(22)18-9-4-3-7-15(18)12-20-13-18/h5-6,8,10,15,19-20H,2-4,7,9,11-13H2,1H3,(H,21,22)/t15-,18+/m0/s1. The van der Waals surface area contributed by atoms with E-state index in [1.165, 1.54) is 24.8 Å². The van der Waals surface area contributed by atoms with Crippen molar-refractivity contribution in [2.75, 3.05) is 25.0 Å².